The predicted octanol–water partition coefficient (Wildman–Crippen LogP) is 5.89. The van der Waals surface area contributed by atoms with Crippen LogP contribution < -0.4 is 21.7 Å². The van der Waals surface area contributed by atoms with Crippen LogP contribution in [0.4, 0.5) is 34.5 Å². The number of benzene rings is 2. The Balaban J connectivity index is 0.00000190. The fourth-order valence-electron chi connectivity index (χ4n) is 3.60. The third-order valence-electron chi connectivity index (χ3n) is 5.21. The van der Waals surface area contributed by atoms with E-state index in [4.69, 9.17) is 5.73 Å². The van der Waals surface area contributed by atoms with Gasteiger partial charge in [-0.2, -0.15) is 4.98 Å². The first-order valence-electron chi connectivity index (χ1n) is 10.9. The molecule has 1 amide bonds. The number of amides is 1. The van der Waals surface area contributed by atoms with E-state index in [9.17, 15) is 4.79 Å². The second kappa shape index (κ2) is 12.0. The maximum absolute atomic E-state index is 12.7. The molecule has 2 aromatic carbocycles. The first kappa shape index (κ1) is 27.1. The molecule has 0 saturated heterocycles. The van der Waals surface area contributed by atoms with E-state index >= 15 is 0 Å². The first-order valence-corrected chi connectivity index (χ1v) is 10.9. The minimum atomic E-state index is -0.300. The van der Waals surface area contributed by atoms with Gasteiger partial charge in [0, 0.05) is 40.4 Å². The van der Waals surface area contributed by atoms with E-state index in [1.54, 1.807) is 36.7 Å². The van der Waals surface area contributed by atoms with Crippen LogP contribution in [0.2, 0.25) is 0 Å². The molecule has 0 aliphatic carbocycles. The number of hydrogen-bond donors (Lipinski definition) is 4. The number of halogens is 2. The molecular weight excluding hydrogens is 511 g/mol. The fourth-order valence-corrected chi connectivity index (χ4v) is 3.60. The first-order chi connectivity index (χ1) is 17.0. The highest BCUT2D eigenvalue weighted by molar-refractivity contribution is 6.03. The van der Waals surface area contributed by atoms with E-state index in [0.29, 0.717) is 17.2 Å². The van der Waals surface area contributed by atoms with Gasteiger partial charge in [-0.15, -0.1) is 24.8 Å². The molecule has 5 aromatic rings. The normalized spacial score (nSPS) is 10.1. The quantitative estimate of drug-likeness (QED) is 0.212. The summed E-state index contributed by atoms with van der Waals surface area (Å²) in [7, 11) is 0. The average Bonchev–Trinajstić information content (AvgIpc) is 2.85. The van der Waals surface area contributed by atoms with Crippen LogP contribution in [0.25, 0.3) is 10.9 Å². The third-order valence-corrected chi connectivity index (χ3v) is 5.21. The largest absolute Gasteiger partial charge is 0.368 e. The van der Waals surface area contributed by atoms with Crippen molar-refractivity contribution in [2.24, 2.45) is 0 Å². The van der Waals surface area contributed by atoms with E-state index in [1.807, 2.05) is 55.5 Å². The minimum Gasteiger partial charge on any atom is -0.368 e. The summed E-state index contributed by atoms with van der Waals surface area (Å²) in [5.41, 5.74) is 10.8. The number of nitrogen functional groups attached to an aromatic ring is 1. The van der Waals surface area contributed by atoms with Gasteiger partial charge in [0.15, 0.2) is 0 Å². The monoisotopic (exact) mass is 534 g/mol. The number of hydrogen-bond acceptors (Lipinski definition) is 8. The lowest BCUT2D eigenvalue weighted by Gasteiger charge is -2.10. The number of aromatic nitrogens is 4. The van der Waals surface area contributed by atoms with Crippen LogP contribution in [0.3, 0.4) is 0 Å². The lowest BCUT2D eigenvalue weighted by molar-refractivity contribution is 0.102. The van der Waals surface area contributed by atoms with Crippen molar-refractivity contribution in [1.29, 1.82) is 0 Å². The molecule has 0 unspecified atom stereocenters. The Labute approximate surface area is 225 Å². The molecule has 9 nitrogen and oxygen atoms in total. The molecule has 0 aliphatic heterocycles. The zero-order valence-electron chi connectivity index (χ0n) is 19.7. The number of rotatable bonds is 6. The molecule has 188 valence electrons. The lowest BCUT2D eigenvalue weighted by Crippen LogP contribution is -2.13. The third kappa shape index (κ3) is 6.60. The maximum atomic E-state index is 12.7. The highest BCUT2D eigenvalue weighted by Gasteiger charge is 2.09. The smallest absolute Gasteiger partial charge is 0.274 e. The minimum absolute atomic E-state index is 0. The van der Waals surface area contributed by atoms with Crippen molar-refractivity contribution in [2.75, 3.05) is 21.7 Å². The molecule has 3 heterocycles. The van der Waals surface area contributed by atoms with E-state index < -0.39 is 0 Å². The van der Waals surface area contributed by atoms with Gasteiger partial charge in [0.2, 0.25) is 5.95 Å². The average molecular weight is 535 g/mol. The van der Waals surface area contributed by atoms with Gasteiger partial charge in [-0.05, 0) is 55.5 Å². The van der Waals surface area contributed by atoms with Crippen molar-refractivity contribution in [3.63, 3.8) is 0 Å². The Bertz CT molecular complexity index is 1490. The number of carbonyl (C=O) groups is 1. The second-order valence-corrected chi connectivity index (χ2v) is 7.84. The number of para-hydroxylation sites is 1. The van der Waals surface area contributed by atoms with E-state index in [-0.39, 0.29) is 36.7 Å². The van der Waals surface area contributed by atoms with Crippen LogP contribution >= 0.6 is 24.8 Å². The molecule has 0 radical (unpaired) electrons. The number of pyridine rings is 2. The number of carbonyl (C=O) groups excluding carboxylic acids is 1. The molecule has 5 rings (SSSR count). The van der Waals surface area contributed by atoms with Crippen molar-refractivity contribution in [3.8, 4) is 0 Å². The molecule has 11 heteroatoms. The van der Waals surface area contributed by atoms with Crippen molar-refractivity contribution in [1.82, 2.24) is 19.9 Å². The molecule has 0 bridgehead atoms. The SMILES string of the molecule is Cc1cc(Nc2ccc(NC(=O)c3ccc(Nc4ccnc5ccccc45)cn3)cc2)nc(N)n1.Cl.Cl. The standard InChI is InChI=1S/C26H22N8O.2ClH/c1-16-14-24(34-26(27)30-16)32-17-6-8-18(9-7-17)33-25(35)23-11-10-19(15-29-23)31-22-12-13-28-21-5-3-2-4-20(21)22;;/h2-15H,1H3,(H,28,31)(H,33,35)(H3,27,30,32,34);2*1H. The number of anilines is 6. The summed E-state index contributed by atoms with van der Waals surface area (Å²) >= 11 is 0. The summed E-state index contributed by atoms with van der Waals surface area (Å²) in [6.45, 7) is 1.85. The van der Waals surface area contributed by atoms with Crippen molar-refractivity contribution in [2.45, 2.75) is 6.92 Å². The van der Waals surface area contributed by atoms with Crippen LogP contribution in [-0.4, -0.2) is 25.8 Å². The number of fused-ring (bicyclic) bond motifs is 1. The van der Waals surface area contributed by atoms with Gasteiger partial charge >= 0.3 is 0 Å². The highest BCUT2D eigenvalue weighted by Crippen LogP contribution is 2.25. The molecule has 3 aromatic heterocycles. The summed E-state index contributed by atoms with van der Waals surface area (Å²) in [4.78, 5) is 29.6. The number of aryl methyl sites for hydroxylation is 1. The molecule has 5 N–H and O–H groups in total. The van der Waals surface area contributed by atoms with E-state index in [1.165, 1.54) is 0 Å². The lowest BCUT2D eigenvalue weighted by atomic mass is 10.2. The fraction of sp³-hybridized carbons (Fsp3) is 0.0385. The van der Waals surface area contributed by atoms with Crippen molar-refractivity contribution >= 4 is 76.1 Å². The molecular formula is C26H24Cl2N8O. The summed E-state index contributed by atoms with van der Waals surface area (Å²) in [5.74, 6) is 0.509. The molecule has 37 heavy (non-hydrogen) atoms. The highest BCUT2D eigenvalue weighted by atomic mass is 35.5. The zero-order chi connectivity index (χ0) is 24.2. The van der Waals surface area contributed by atoms with Gasteiger partial charge in [0.1, 0.15) is 11.5 Å². The molecule has 0 spiro atoms. The van der Waals surface area contributed by atoms with Crippen LogP contribution in [0.5, 0.6) is 0 Å². The Morgan fingerprint density at radius 2 is 1.54 bits per heavy atom. The van der Waals surface area contributed by atoms with Crippen LogP contribution in [0, 0.1) is 6.92 Å². The van der Waals surface area contributed by atoms with Gasteiger partial charge in [-0.1, -0.05) is 18.2 Å². The molecule has 0 atom stereocenters. The summed E-state index contributed by atoms with van der Waals surface area (Å²) < 4.78 is 0. The second-order valence-electron chi connectivity index (χ2n) is 7.84. The summed E-state index contributed by atoms with van der Waals surface area (Å²) in [5, 5.41) is 10.4. The molecule has 0 fully saturated rings. The van der Waals surface area contributed by atoms with Crippen LogP contribution in [0.15, 0.2) is 85.2 Å². The number of nitrogens with one attached hydrogen (secondary N) is 3. The van der Waals surface area contributed by atoms with Gasteiger partial charge < -0.3 is 21.7 Å². The maximum Gasteiger partial charge on any atom is 0.274 e. The van der Waals surface area contributed by atoms with E-state index in [0.717, 1.165) is 33.7 Å². The predicted molar refractivity (Wildman–Crippen MR) is 153 cm³/mol. The van der Waals surface area contributed by atoms with E-state index in [2.05, 4.69) is 35.9 Å². The molecule has 0 aliphatic rings. The number of nitrogens with two attached hydrogens (primary N) is 1. The summed E-state index contributed by atoms with van der Waals surface area (Å²) in [6, 6.07) is 22.3. The van der Waals surface area contributed by atoms with Gasteiger partial charge in [-0.3, -0.25) is 9.78 Å². The topological polar surface area (TPSA) is 131 Å². The van der Waals surface area contributed by atoms with Crippen molar-refractivity contribution < 1.29 is 4.79 Å². The Hall–Kier alpha value is -4.47. The Kier molecular flexibility index (Phi) is 8.78. The van der Waals surface area contributed by atoms with Crippen LogP contribution in [-0.2, 0) is 0 Å². The Morgan fingerprint density at radius 3 is 2.27 bits per heavy atom. The van der Waals surface area contributed by atoms with Crippen molar-refractivity contribution in [3.05, 3.63) is 96.6 Å². The molecule has 0 saturated carbocycles. The number of nitrogens with zero attached hydrogens (tertiary/aromatic N) is 4. The van der Waals surface area contributed by atoms with Crippen LogP contribution in [0.1, 0.15) is 16.2 Å². The van der Waals surface area contributed by atoms with Gasteiger partial charge in [0.05, 0.1) is 17.4 Å². The Morgan fingerprint density at radius 1 is 0.811 bits per heavy atom. The van der Waals surface area contributed by atoms with Gasteiger partial charge in [0.25, 0.3) is 5.91 Å². The van der Waals surface area contributed by atoms with Gasteiger partial charge in [-0.25, -0.2) is 9.97 Å². The summed E-state index contributed by atoms with van der Waals surface area (Å²) in [6.07, 6.45) is 3.39. The zero-order valence-corrected chi connectivity index (χ0v) is 21.3.